The average Bonchev–Trinajstić information content (AvgIpc) is 3.58. The van der Waals surface area contributed by atoms with E-state index in [2.05, 4.69) is 21.2 Å². The highest BCUT2D eigenvalue weighted by Gasteiger charge is 2.48. The molecule has 2 atom stereocenters. The van der Waals surface area contributed by atoms with Crippen LogP contribution in [0.25, 0.3) is 0 Å². The van der Waals surface area contributed by atoms with Gasteiger partial charge in [0, 0.05) is 43.9 Å². The first-order valence-electron chi connectivity index (χ1n) is 11.1. The number of fused-ring (bicyclic) bond motifs is 3. The number of ether oxygens (including phenoxy) is 1. The molecule has 0 bridgehead atoms. The van der Waals surface area contributed by atoms with Gasteiger partial charge in [-0.1, -0.05) is 35.3 Å². The van der Waals surface area contributed by atoms with Gasteiger partial charge in [0.15, 0.2) is 0 Å². The van der Waals surface area contributed by atoms with Gasteiger partial charge in [-0.25, -0.2) is 0 Å². The number of nitrogens with zero attached hydrogens (tertiary/aromatic N) is 2. The second-order valence-corrected chi connectivity index (χ2v) is 9.43. The van der Waals surface area contributed by atoms with Crippen molar-refractivity contribution in [3.63, 3.8) is 0 Å². The Bertz CT molecular complexity index is 975. The first-order valence-corrected chi connectivity index (χ1v) is 11.8. The number of anilines is 2. The number of carbonyl (C=O) groups excluding carboxylic acids is 1. The van der Waals surface area contributed by atoms with Crippen LogP contribution in [-0.2, 0) is 4.79 Å². The maximum Gasteiger partial charge on any atom is 0.228 e. The standard InChI is InChI=1S/C24H27Cl2N3O2/c25-20-4-3-5-22(23(20)26)29-11-9-28(10-12-29)8-1-2-13-31-16-6-7-17-18-15-19(18)24(30)27-21(17)14-16/h3-7,14,18-19H,1-2,8-13,15H2,(H,27,30)/t18-,19-/m1/s1. The number of unbranched alkanes of at least 4 members (excludes halogenated alkanes) is 1. The Hall–Kier alpha value is -1.95. The third kappa shape index (κ3) is 4.50. The van der Waals surface area contributed by atoms with Crippen molar-refractivity contribution in [2.45, 2.75) is 25.2 Å². The number of carbonyl (C=O) groups is 1. The summed E-state index contributed by atoms with van der Waals surface area (Å²) in [4.78, 5) is 16.7. The van der Waals surface area contributed by atoms with Gasteiger partial charge in [-0.15, -0.1) is 0 Å². The second kappa shape index (κ2) is 8.89. The monoisotopic (exact) mass is 459 g/mol. The first kappa shape index (κ1) is 20.9. The molecule has 1 N–H and O–H groups in total. The third-order valence-corrected chi connectivity index (χ3v) is 7.40. The van der Waals surface area contributed by atoms with Crippen LogP contribution in [-0.4, -0.2) is 50.1 Å². The molecule has 3 aliphatic rings. The molecule has 1 aliphatic carbocycles. The minimum atomic E-state index is 0.160. The number of nitrogens with one attached hydrogen (secondary N) is 1. The van der Waals surface area contributed by atoms with Crippen LogP contribution in [0.4, 0.5) is 11.4 Å². The van der Waals surface area contributed by atoms with Crippen molar-refractivity contribution >= 4 is 40.5 Å². The minimum Gasteiger partial charge on any atom is -0.494 e. The lowest BCUT2D eigenvalue weighted by Crippen LogP contribution is -2.46. The van der Waals surface area contributed by atoms with E-state index in [1.54, 1.807) is 0 Å². The van der Waals surface area contributed by atoms with E-state index in [1.807, 2.05) is 30.3 Å². The molecule has 2 aliphatic heterocycles. The molecule has 1 saturated carbocycles. The molecule has 31 heavy (non-hydrogen) atoms. The maximum absolute atomic E-state index is 11.9. The highest BCUT2D eigenvalue weighted by molar-refractivity contribution is 6.43. The molecule has 1 amide bonds. The summed E-state index contributed by atoms with van der Waals surface area (Å²) >= 11 is 12.5. The highest BCUT2D eigenvalue weighted by atomic mass is 35.5. The Kier molecular flexibility index (Phi) is 6.00. The van der Waals surface area contributed by atoms with Gasteiger partial charge in [-0.05, 0) is 55.5 Å². The van der Waals surface area contributed by atoms with Gasteiger partial charge in [-0.3, -0.25) is 9.69 Å². The fourth-order valence-corrected chi connectivity index (χ4v) is 5.10. The van der Waals surface area contributed by atoms with Crippen LogP contribution in [0.1, 0.15) is 30.7 Å². The van der Waals surface area contributed by atoms with E-state index in [0.29, 0.717) is 22.6 Å². The summed E-state index contributed by atoms with van der Waals surface area (Å²) in [6, 6.07) is 11.9. The number of hydrogen-bond donors (Lipinski definition) is 1. The quantitative estimate of drug-likeness (QED) is 0.589. The second-order valence-electron chi connectivity index (χ2n) is 8.64. The topological polar surface area (TPSA) is 44.8 Å². The molecule has 0 unspecified atom stereocenters. The molecule has 2 aromatic carbocycles. The van der Waals surface area contributed by atoms with E-state index in [0.717, 1.165) is 69.1 Å². The zero-order chi connectivity index (χ0) is 21.4. The summed E-state index contributed by atoms with van der Waals surface area (Å²) in [5, 5.41) is 4.27. The van der Waals surface area contributed by atoms with Gasteiger partial charge in [-0.2, -0.15) is 0 Å². The summed E-state index contributed by atoms with van der Waals surface area (Å²) in [6.07, 6.45) is 3.09. The summed E-state index contributed by atoms with van der Waals surface area (Å²) in [6.45, 7) is 5.73. The largest absolute Gasteiger partial charge is 0.494 e. The predicted octanol–water partition coefficient (Wildman–Crippen LogP) is 5.03. The Morgan fingerprint density at radius 1 is 1.03 bits per heavy atom. The van der Waals surface area contributed by atoms with E-state index in [-0.39, 0.29) is 11.8 Å². The van der Waals surface area contributed by atoms with Crippen molar-refractivity contribution < 1.29 is 9.53 Å². The Labute approximate surface area is 193 Å². The van der Waals surface area contributed by atoms with Crippen LogP contribution < -0.4 is 15.0 Å². The predicted molar refractivity (Wildman–Crippen MR) is 126 cm³/mol. The molecule has 2 fully saturated rings. The van der Waals surface area contributed by atoms with E-state index in [4.69, 9.17) is 27.9 Å². The molecular formula is C24H27Cl2N3O2. The van der Waals surface area contributed by atoms with Crippen LogP contribution in [0.2, 0.25) is 10.0 Å². The number of rotatable bonds is 7. The van der Waals surface area contributed by atoms with E-state index >= 15 is 0 Å². The average molecular weight is 460 g/mol. The number of hydrogen-bond acceptors (Lipinski definition) is 4. The molecule has 7 heteroatoms. The van der Waals surface area contributed by atoms with Crippen molar-refractivity contribution in [1.82, 2.24) is 4.90 Å². The highest BCUT2D eigenvalue weighted by Crippen LogP contribution is 2.53. The van der Waals surface area contributed by atoms with Crippen LogP contribution in [0.5, 0.6) is 5.75 Å². The number of halogens is 2. The van der Waals surface area contributed by atoms with Gasteiger partial charge >= 0.3 is 0 Å². The molecule has 5 nitrogen and oxygen atoms in total. The fourth-order valence-electron chi connectivity index (χ4n) is 4.69. The van der Waals surface area contributed by atoms with Crippen molar-refractivity contribution in [3.8, 4) is 5.75 Å². The summed E-state index contributed by atoms with van der Waals surface area (Å²) in [5.74, 6) is 1.62. The summed E-state index contributed by atoms with van der Waals surface area (Å²) in [7, 11) is 0. The molecule has 0 spiro atoms. The van der Waals surface area contributed by atoms with Crippen LogP contribution in [0, 0.1) is 5.92 Å². The van der Waals surface area contributed by atoms with E-state index in [1.165, 1.54) is 5.56 Å². The molecular weight excluding hydrogens is 433 g/mol. The number of benzene rings is 2. The van der Waals surface area contributed by atoms with Crippen molar-refractivity contribution in [3.05, 3.63) is 52.0 Å². The van der Waals surface area contributed by atoms with Crippen molar-refractivity contribution in [2.75, 3.05) is 49.5 Å². The smallest absolute Gasteiger partial charge is 0.228 e. The summed E-state index contributed by atoms with van der Waals surface area (Å²) in [5.41, 5.74) is 3.22. The van der Waals surface area contributed by atoms with Gasteiger partial charge in [0.1, 0.15) is 5.75 Å². The number of amides is 1. The lowest BCUT2D eigenvalue weighted by atomic mass is 10.0. The van der Waals surface area contributed by atoms with E-state index < -0.39 is 0 Å². The molecule has 2 heterocycles. The SMILES string of the molecule is O=C1Nc2cc(OCCCCN3CCN(c4cccc(Cl)c4Cl)CC3)ccc2[C@H]2C[C@@H]12. The molecule has 0 aromatic heterocycles. The van der Waals surface area contributed by atoms with Gasteiger partial charge in [0.05, 0.1) is 22.3 Å². The van der Waals surface area contributed by atoms with Gasteiger partial charge in [0.25, 0.3) is 0 Å². The minimum absolute atomic E-state index is 0.160. The van der Waals surface area contributed by atoms with Crippen LogP contribution in [0.15, 0.2) is 36.4 Å². The van der Waals surface area contributed by atoms with Gasteiger partial charge in [0.2, 0.25) is 5.91 Å². The molecule has 5 rings (SSSR count). The van der Waals surface area contributed by atoms with Crippen molar-refractivity contribution in [1.29, 1.82) is 0 Å². The zero-order valence-electron chi connectivity index (χ0n) is 17.4. The Morgan fingerprint density at radius 2 is 1.87 bits per heavy atom. The summed E-state index contributed by atoms with van der Waals surface area (Å²) < 4.78 is 5.94. The Morgan fingerprint density at radius 3 is 2.71 bits per heavy atom. The first-order chi connectivity index (χ1) is 15.1. The normalized spacial score (nSPS) is 22.5. The van der Waals surface area contributed by atoms with Crippen LogP contribution in [0.3, 0.4) is 0 Å². The zero-order valence-corrected chi connectivity index (χ0v) is 19.0. The lowest BCUT2D eigenvalue weighted by molar-refractivity contribution is -0.117. The lowest BCUT2D eigenvalue weighted by Gasteiger charge is -2.36. The van der Waals surface area contributed by atoms with E-state index in [9.17, 15) is 4.79 Å². The number of piperazine rings is 1. The molecule has 164 valence electrons. The Balaban J connectivity index is 1.02. The van der Waals surface area contributed by atoms with Crippen molar-refractivity contribution in [2.24, 2.45) is 5.92 Å². The van der Waals surface area contributed by atoms with Crippen LogP contribution >= 0.6 is 23.2 Å². The third-order valence-electron chi connectivity index (χ3n) is 6.59. The maximum atomic E-state index is 11.9. The molecule has 1 saturated heterocycles. The molecule has 2 aromatic rings. The molecule has 0 radical (unpaired) electrons. The fraction of sp³-hybridized carbons (Fsp3) is 0.458. The van der Waals surface area contributed by atoms with Gasteiger partial charge < -0.3 is 15.0 Å².